The van der Waals surface area contributed by atoms with E-state index in [1.807, 2.05) is 12.1 Å². The summed E-state index contributed by atoms with van der Waals surface area (Å²) in [6.07, 6.45) is 2.50. The molecule has 1 aromatic carbocycles. The Balaban J connectivity index is 2.62. The number of hydrogen-bond donors (Lipinski definition) is 1. The van der Waals surface area contributed by atoms with Crippen LogP contribution in [0.2, 0.25) is 0 Å². The van der Waals surface area contributed by atoms with Crippen molar-refractivity contribution in [2.75, 3.05) is 19.3 Å². The number of rotatable bonds is 5. The molecule has 0 aliphatic rings. The molecule has 0 amide bonds. The first-order chi connectivity index (χ1) is 7.15. The normalized spacial score (nSPS) is 13.1. The summed E-state index contributed by atoms with van der Waals surface area (Å²) in [5.41, 5.74) is 7.93. The molecule has 0 radical (unpaired) electrons. The average Bonchev–Trinajstić information content (AvgIpc) is 2.24. The van der Waals surface area contributed by atoms with E-state index in [9.17, 15) is 0 Å². The third-order valence-corrected chi connectivity index (χ3v) is 2.92. The number of unbranched alkanes of at least 4 members (excludes halogenated alkanes) is 1. The zero-order chi connectivity index (χ0) is 11.3. The van der Waals surface area contributed by atoms with E-state index in [0.29, 0.717) is 6.04 Å². The fourth-order valence-electron chi connectivity index (χ4n) is 1.67. The van der Waals surface area contributed by atoms with Gasteiger partial charge in [-0.2, -0.15) is 0 Å². The molecule has 1 unspecified atom stereocenters. The largest absolute Gasteiger partial charge is 0.399 e. The lowest BCUT2D eigenvalue weighted by Crippen LogP contribution is -2.23. The van der Waals surface area contributed by atoms with Gasteiger partial charge in [-0.3, -0.25) is 4.90 Å². The quantitative estimate of drug-likeness (QED) is 0.750. The summed E-state index contributed by atoms with van der Waals surface area (Å²) in [6.45, 7) is 5.59. The molecule has 0 heterocycles. The van der Waals surface area contributed by atoms with Gasteiger partial charge in [0.1, 0.15) is 0 Å². The molecule has 0 saturated heterocycles. The van der Waals surface area contributed by atoms with Gasteiger partial charge in [-0.05, 0) is 44.6 Å². The second-order valence-electron chi connectivity index (χ2n) is 4.18. The van der Waals surface area contributed by atoms with E-state index in [4.69, 9.17) is 5.73 Å². The summed E-state index contributed by atoms with van der Waals surface area (Å²) in [6, 6.07) is 8.60. The molecule has 0 aliphatic carbocycles. The van der Waals surface area contributed by atoms with Crippen LogP contribution in [0.25, 0.3) is 0 Å². The number of hydrogen-bond acceptors (Lipinski definition) is 2. The van der Waals surface area contributed by atoms with Crippen molar-refractivity contribution in [3.8, 4) is 0 Å². The van der Waals surface area contributed by atoms with E-state index in [-0.39, 0.29) is 0 Å². The van der Waals surface area contributed by atoms with Crippen molar-refractivity contribution in [3.05, 3.63) is 29.8 Å². The van der Waals surface area contributed by atoms with E-state index in [1.165, 1.54) is 18.4 Å². The summed E-state index contributed by atoms with van der Waals surface area (Å²) < 4.78 is 0. The van der Waals surface area contributed by atoms with Crippen molar-refractivity contribution in [2.24, 2.45) is 0 Å². The van der Waals surface area contributed by atoms with Crippen LogP contribution in [-0.4, -0.2) is 18.5 Å². The predicted molar refractivity (Wildman–Crippen MR) is 66.8 cm³/mol. The summed E-state index contributed by atoms with van der Waals surface area (Å²) in [5, 5.41) is 0. The summed E-state index contributed by atoms with van der Waals surface area (Å²) in [7, 11) is 2.17. The Morgan fingerprint density at radius 2 is 2.13 bits per heavy atom. The van der Waals surface area contributed by atoms with Gasteiger partial charge in [-0.1, -0.05) is 25.5 Å². The molecule has 2 heteroatoms. The van der Waals surface area contributed by atoms with E-state index in [2.05, 4.69) is 37.9 Å². The minimum absolute atomic E-state index is 0.444. The molecule has 1 atom stereocenters. The van der Waals surface area contributed by atoms with E-state index < -0.39 is 0 Å². The Hall–Kier alpha value is -1.02. The molecule has 0 fully saturated rings. The molecule has 2 N–H and O–H groups in total. The third kappa shape index (κ3) is 3.56. The molecular weight excluding hydrogens is 184 g/mol. The smallest absolute Gasteiger partial charge is 0.0317 e. The summed E-state index contributed by atoms with van der Waals surface area (Å²) in [4.78, 5) is 2.37. The fraction of sp³-hybridized carbons (Fsp3) is 0.538. The summed E-state index contributed by atoms with van der Waals surface area (Å²) >= 11 is 0. The van der Waals surface area contributed by atoms with Crippen molar-refractivity contribution < 1.29 is 0 Å². The van der Waals surface area contributed by atoms with Crippen LogP contribution in [0.4, 0.5) is 5.69 Å². The highest BCUT2D eigenvalue weighted by molar-refractivity contribution is 5.41. The highest BCUT2D eigenvalue weighted by Crippen LogP contribution is 2.20. The molecule has 2 nitrogen and oxygen atoms in total. The number of benzene rings is 1. The first-order valence-electron chi connectivity index (χ1n) is 5.70. The van der Waals surface area contributed by atoms with Gasteiger partial charge in [0.15, 0.2) is 0 Å². The zero-order valence-electron chi connectivity index (χ0n) is 10.0. The first kappa shape index (κ1) is 12.1. The van der Waals surface area contributed by atoms with Crippen LogP contribution in [-0.2, 0) is 0 Å². The van der Waals surface area contributed by atoms with Crippen LogP contribution in [0.1, 0.15) is 38.3 Å². The van der Waals surface area contributed by atoms with Gasteiger partial charge in [0.25, 0.3) is 0 Å². The van der Waals surface area contributed by atoms with E-state index in [0.717, 1.165) is 12.2 Å². The number of nitrogen functional groups attached to an aromatic ring is 1. The van der Waals surface area contributed by atoms with E-state index >= 15 is 0 Å². The van der Waals surface area contributed by atoms with Crippen LogP contribution >= 0.6 is 0 Å². The molecule has 0 saturated carbocycles. The fourth-order valence-corrected chi connectivity index (χ4v) is 1.67. The molecule has 84 valence electrons. The number of nitrogens with zero attached hydrogens (tertiary/aromatic N) is 1. The van der Waals surface area contributed by atoms with Gasteiger partial charge in [-0.25, -0.2) is 0 Å². The molecule has 0 aromatic heterocycles. The Morgan fingerprint density at radius 1 is 1.40 bits per heavy atom. The molecule has 15 heavy (non-hydrogen) atoms. The van der Waals surface area contributed by atoms with Gasteiger partial charge >= 0.3 is 0 Å². The van der Waals surface area contributed by atoms with Crippen molar-refractivity contribution in [3.63, 3.8) is 0 Å². The Bertz CT molecular complexity index is 296. The SMILES string of the molecule is CCCCN(C)C(C)c1cccc(N)c1. The highest BCUT2D eigenvalue weighted by atomic mass is 15.1. The maximum absolute atomic E-state index is 5.78. The van der Waals surface area contributed by atoms with Crippen LogP contribution in [0.15, 0.2) is 24.3 Å². The van der Waals surface area contributed by atoms with Gasteiger partial charge in [-0.15, -0.1) is 0 Å². The van der Waals surface area contributed by atoms with Crippen molar-refractivity contribution >= 4 is 5.69 Å². The maximum Gasteiger partial charge on any atom is 0.0317 e. The Labute approximate surface area is 93.1 Å². The second-order valence-corrected chi connectivity index (χ2v) is 4.18. The van der Waals surface area contributed by atoms with Crippen LogP contribution in [0, 0.1) is 0 Å². The molecule has 0 bridgehead atoms. The number of nitrogens with two attached hydrogens (primary N) is 1. The van der Waals surface area contributed by atoms with Gasteiger partial charge in [0, 0.05) is 11.7 Å². The van der Waals surface area contributed by atoms with Crippen molar-refractivity contribution in [1.29, 1.82) is 0 Å². The topological polar surface area (TPSA) is 29.3 Å². The standard InChI is InChI=1S/C13H22N2/c1-4-5-9-15(3)11(2)12-7-6-8-13(14)10-12/h6-8,10-11H,4-5,9,14H2,1-3H3. The van der Waals surface area contributed by atoms with Crippen LogP contribution < -0.4 is 5.73 Å². The summed E-state index contributed by atoms with van der Waals surface area (Å²) in [5.74, 6) is 0. The first-order valence-corrected chi connectivity index (χ1v) is 5.70. The van der Waals surface area contributed by atoms with Crippen molar-refractivity contribution in [2.45, 2.75) is 32.7 Å². The molecular formula is C13H22N2. The van der Waals surface area contributed by atoms with Crippen LogP contribution in [0.5, 0.6) is 0 Å². The maximum atomic E-state index is 5.78. The predicted octanol–water partition coefficient (Wildman–Crippen LogP) is 3.06. The van der Waals surface area contributed by atoms with Crippen molar-refractivity contribution in [1.82, 2.24) is 4.90 Å². The minimum atomic E-state index is 0.444. The molecule has 1 rings (SSSR count). The van der Waals surface area contributed by atoms with Gasteiger partial charge < -0.3 is 5.73 Å². The molecule has 1 aromatic rings. The molecule has 0 aliphatic heterocycles. The van der Waals surface area contributed by atoms with E-state index in [1.54, 1.807) is 0 Å². The third-order valence-electron chi connectivity index (χ3n) is 2.92. The second kappa shape index (κ2) is 5.76. The van der Waals surface area contributed by atoms with Gasteiger partial charge in [0.2, 0.25) is 0 Å². The monoisotopic (exact) mass is 206 g/mol. The zero-order valence-corrected chi connectivity index (χ0v) is 10.0. The minimum Gasteiger partial charge on any atom is -0.399 e. The number of anilines is 1. The average molecular weight is 206 g/mol. The highest BCUT2D eigenvalue weighted by Gasteiger charge is 2.10. The van der Waals surface area contributed by atoms with Gasteiger partial charge in [0.05, 0.1) is 0 Å². The lowest BCUT2D eigenvalue weighted by molar-refractivity contribution is 0.257. The lowest BCUT2D eigenvalue weighted by atomic mass is 10.1. The van der Waals surface area contributed by atoms with Crippen LogP contribution in [0.3, 0.4) is 0 Å². The molecule has 0 spiro atoms. The Morgan fingerprint density at radius 3 is 2.73 bits per heavy atom. The lowest BCUT2D eigenvalue weighted by Gasteiger charge is -2.25. The Kier molecular flexibility index (Phi) is 4.63.